The predicted octanol–water partition coefficient (Wildman–Crippen LogP) is 3.54. The molecule has 0 saturated heterocycles. The molecule has 0 N–H and O–H groups in total. The predicted molar refractivity (Wildman–Crippen MR) is 65.9 cm³/mol. The lowest BCUT2D eigenvalue weighted by atomic mass is 10.1. The molecule has 1 aromatic carbocycles. The van der Waals surface area contributed by atoms with Gasteiger partial charge in [-0.3, -0.25) is 0 Å². The van der Waals surface area contributed by atoms with Gasteiger partial charge in [-0.05, 0) is 48.1 Å². The number of thioether (sulfide) groups is 1. The van der Waals surface area contributed by atoms with Crippen molar-refractivity contribution < 1.29 is 4.74 Å². The number of aromatic nitrogens is 1. The zero-order valence-electron chi connectivity index (χ0n) is 8.56. The second kappa shape index (κ2) is 4.68. The van der Waals surface area contributed by atoms with E-state index in [-0.39, 0.29) is 0 Å². The van der Waals surface area contributed by atoms with Crippen molar-refractivity contribution in [2.24, 2.45) is 0 Å². The van der Waals surface area contributed by atoms with Gasteiger partial charge in [0.15, 0.2) is 0 Å². The lowest BCUT2D eigenvalue weighted by Crippen LogP contribution is -1.82. The summed E-state index contributed by atoms with van der Waals surface area (Å²) in [6.45, 7) is 0. The monoisotopic (exact) mass is 237 g/mol. The highest BCUT2D eigenvalue weighted by Gasteiger charge is 2.03. The molecule has 2 nitrogen and oxygen atoms in total. The van der Waals surface area contributed by atoms with Crippen LogP contribution in [0.1, 0.15) is 0 Å². The Labute approximate surface area is 97.5 Å². The van der Waals surface area contributed by atoms with E-state index in [1.54, 1.807) is 18.9 Å². The topological polar surface area (TPSA) is 22.1 Å². The van der Waals surface area contributed by atoms with Crippen LogP contribution in [0.5, 0.6) is 5.75 Å². The van der Waals surface area contributed by atoms with Gasteiger partial charge in [0.2, 0.25) is 0 Å². The Morgan fingerprint density at radius 3 is 2.53 bits per heavy atom. The third-order valence-corrected chi connectivity index (χ3v) is 3.91. The van der Waals surface area contributed by atoms with Gasteiger partial charge in [-0.25, -0.2) is 0 Å². The molecule has 0 atom stereocenters. The Bertz CT molecular complexity index is 436. The maximum Gasteiger partial charge on any atom is 0.118 e. The minimum Gasteiger partial charge on any atom is -0.497 e. The van der Waals surface area contributed by atoms with Crippen LogP contribution in [-0.2, 0) is 0 Å². The summed E-state index contributed by atoms with van der Waals surface area (Å²) in [5, 5.41) is 0. The summed E-state index contributed by atoms with van der Waals surface area (Å²) in [5.41, 5.74) is 2.17. The summed E-state index contributed by atoms with van der Waals surface area (Å²) in [7, 11) is 1.67. The Balaban J connectivity index is 2.28. The zero-order chi connectivity index (χ0) is 10.7. The van der Waals surface area contributed by atoms with Crippen LogP contribution in [0, 0.1) is 0 Å². The number of benzene rings is 1. The van der Waals surface area contributed by atoms with Crippen LogP contribution >= 0.6 is 23.3 Å². The van der Waals surface area contributed by atoms with Gasteiger partial charge in [0.25, 0.3) is 0 Å². The summed E-state index contributed by atoms with van der Waals surface area (Å²) in [4.78, 5) is 0. The number of rotatable bonds is 3. The van der Waals surface area contributed by atoms with Crippen molar-refractivity contribution >= 4 is 23.3 Å². The molecule has 0 unspecified atom stereocenters. The molecule has 0 aliphatic carbocycles. The number of methoxy groups -OCH3 is 1. The molecule has 15 heavy (non-hydrogen) atoms. The van der Waals surface area contributed by atoms with E-state index in [1.165, 1.54) is 15.7 Å². The van der Waals surface area contributed by atoms with E-state index < -0.39 is 0 Å². The summed E-state index contributed by atoms with van der Waals surface area (Å²) < 4.78 is 10.7. The lowest BCUT2D eigenvalue weighted by molar-refractivity contribution is 0.415. The van der Waals surface area contributed by atoms with Crippen LogP contribution in [0.4, 0.5) is 0 Å². The highest BCUT2D eigenvalue weighted by Crippen LogP contribution is 2.28. The van der Waals surface area contributed by atoms with E-state index in [1.807, 2.05) is 24.3 Å². The largest absolute Gasteiger partial charge is 0.497 e. The molecule has 2 aromatic rings. The van der Waals surface area contributed by atoms with Gasteiger partial charge < -0.3 is 4.74 Å². The van der Waals surface area contributed by atoms with Crippen LogP contribution < -0.4 is 4.74 Å². The third-order valence-electron chi connectivity index (χ3n) is 2.08. The fourth-order valence-corrected chi connectivity index (χ4v) is 2.40. The van der Waals surface area contributed by atoms with Crippen LogP contribution in [0.15, 0.2) is 34.5 Å². The number of nitrogens with zero attached hydrogens (tertiary/aromatic N) is 1. The Morgan fingerprint density at radius 1 is 1.27 bits per heavy atom. The average molecular weight is 237 g/mol. The SMILES string of the molecule is COc1ccc(-c2cc(SC)sn2)cc1. The molecule has 0 amide bonds. The molecule has 1 heterocycles. The number of hydrogen-bond donors (Lipinski definition) is 0. The van der Waals surface area contributed by atoms with Crippen LogP contribution in [0.2, 0.25) is 0 Å². The molecule has 0 bridgehead atoms. The Kier molecular flexibility index (Phi) is 3.28. The highest BCUT2D eigenvalue weighted by atomic mass is 32.2. The van der Waals surface area contributed by atoms with Crippen LogP contribution in [-0.4, -0.2) is 17.7 Å². The van der Waals surface area contributed by atoms with Crippen molar-refractivity contribution in [3.8, 4) is 17.0 Å². The maximum atomic E-state index is 5.11. The molecular formula is C11H11NOS2. The minimum atomic E-state index is 0.874. The molecule has 78 valence electrons. The molecule has 0 aliphatic rings. The molecular weight excluding hydrogens is 226 g/mol. The van der Waals surface area contributed by atoms with E-state index in [9.17, 15) is 0 Å². The first kappa shape index (κ1) is 10.5. The molecule has 0 spiro atoms. The van der Waals surface area contributed by atoms with Crippen molar-refractivity contribution in [1.82, 2.24) is 4.37 Å². The first-order valence-corrected chi connectivity index (χ1v) is 6.48. The Morgan fingerprint density at radius 2 is 2.00 bits per heavy atom. The van der Waals surface area contributed by atoms with Gasteiger partial charge in [-0.1, -0.05) is 0 Å². The quantitative estimate of drug-likeness (QED) is 0.762. The summed E-state index contributed by atoms with van der Waals surface area (Å²) in [6.07, 6.45) is 2.06. The molecule has 2 rings (SSSR count). The molecule has 4 heteroatoms. The van der Waals surface area contributed by atoms with Gasteiger partial charge in [-0.2, -0.15) is 4.37 Å². The van der Waals surface area contributed by atoms with Gasteiger partial charge in [0.1, 0.15) is 5.75 Å². The second-order valence-electron chi connectivity index (χ2n) is 2.96. The van der Waals surface area contributed by atoms with E-state index in [4.69, 9.17) is 4.74 Å². The van der Waals surface area contributed by atoms with E-state index in [2.05, 4.69) is 16.7 Å². The summed E-state index contributed by atoms with van der Waals surface area (Å²) in [5.74, 6) is 0.874. The first-order chi connectivity index (χ1) is 7.33. The molecule has 0 aliphatic heterocycles. The zero-order valence-corrected chi connectivity index (χ0v) is 10.2. The standard InChI is InChI=1S/C11H11NOS2/c1-13-9-5-3-8(4-6-9)10-7-11(14-2)15-12-10/h3-7H,1-2H3. The second-order valence-corrected chi connectivity index (χ2v) is 4.88. The van der Waals surface area contributed by atoms with E-state index in [0.717, 1.165) is 17.0 Å². The molecule has 0 fully saturated rings. The maximum absolute atomic E-state index is 5.11. The van der Waals surface area contributed by atoms with E-state index in [0.29, 0.717) is 0 Å². The van der Waals surface area contributed by atoms with Crippen molar-refractivity contribution in [3.63, 3.8) is 0 Å². The molecule has 0 saturated carbocycles. The van der Waals surface area contributed by atoms with Crippen LogP contribution in [0.3, 0.4) is 0 Å². The minimum absolute atomic E-state index is 0.874. The normalized spacial score (nSPS) is 10.3. The average Bonchev–Trinajstić information content (AvgIpc) is 2.78. The van der Waals surface area contributed by atoms with Crippen LogP contribution in [0.25, 0.3) is 11.3 Å². The lowest BCUT2D eigenvalue weighted by Gasteiger charge is -1.99. The fraction of sp³-hybridized carbons (Fsp3) is 0.182. The number of ether oxygens (including phenoxy) is 1. The fourth-order valence-electron chi connectivity index (χ4n) is 1.25. The smallest absolute Gasteiger partial charge is 0.118 e. The summed E-state index contributed by atoms with van der Waals surface area (Å²) in [6, 6.07) is 10.1. The van der Waals surface area contributed by atoms with Crippen molar-refractivity contribution in [2.45, 2.75) is 4.21 Å². The first-order valence-electron chi connectivity index (χ1n) is 4.48. The van der Waals surface area contributed by atoms with E-state index >= 15 is 0 Å². The Hall–Kier alpha value is -1.00. The van der Waals surface area contributed by atoms with Gasteiger partial charge in [-0.15, -0.1) is 11.8 Å². The number of hydrogen-bond acceptors (Lipinski definition) is 4. The molecule has 1 aromatic heterocycles. The highest BCUT2D eigenvalue weighted by molar-refractivity contribution is 8.00. The van der Waals surface area contributed by atoms with Crippen molar-refractivity contribution in [2.75, 3.05) is 13.4 Å². The third kappa shape index (κ3) is 2.33. The van der Waals surface area contributed by atoms with Gasteiger partial charge in [0, 0.05) is 5.56 Å². The summed E-state index contributed by atoms with van der Waals surface area (Å²) >= 11 is 3.26. The van der Waals surface area contributed by atoms with Crippen molar-refractivity contribution in [1.29, 1.82) is 0 Å². The van der Waals surface area contributed by atoms with Gasteiger partial charge in [0.05, 0.1) is 17.0 Å². The van der Waals surface area contributed by atoms with Gasteiger partial charge >= 0.3 is 0 Å². The molecule has 0 radical (unpaired) electrons. The van der Waals surface area contributed by atoms with Crippen molar-refractivity contribution in [3.05, 3.63) is 30.3 Å².